The van der Waals surface area contributed by atoms with E-state index < -0.39 is 5.82 Å². The summed E-state index contributed by atoms with van der Waals surface area (Å²) in [6, 6.07) is 9.25. The van der Waals surface area contributed by atoms with Crippen LogP contribution in [0.3, 0.4) is 0 Å². The van der Waals surface area contributed by atoms with Crippen LogP contribution in [0, 0.1) is 0 Å². The highest BCUT2D eigenvalue weighted by molar-refractivity contribution is 6.23. The predicted molar refractivity (Wildman–Crippen MR) is 87.5 cm³/mol. The van der Waals surface area contributed by atoms with Gasteiger partial charge in [-0.1, -0.05) is 43.7 Å². The zero-order valence-corrected chi connectivity index (χ0v) is 13.3. The molecule has 0 bridgehead atoms. The van der Waals surface area contributed by atoms with E-state index in [1.165, 1.54) is 25.9 Å². The molecule has 0 spiro atoms. The van der Waals surface area contributed by atoms with Crippen molar-refractivity contribution in [3.05, 3.63) is 35.9 Å². The van der Waals surface area contributed by atoms with Gasteiger partial charge in [-0.2, -0.15) is 0 Å². The van der Waals surface area contributed by atoms with Gasteiger partial charge in [-0.05, 0) is 45.0 Å². The lowest BCUT2D eigenvalue weighted by molar-refractivity contribution is -0.143. The number of hydrogen-bond donors (Lipinski definition) is 0. The van der Waals surface area contributed by atoms with Crippen LogP contribution in [0.2, 0.25) is 0 Å². The minimum atomic E-state index is -0.664. The molecule has 1 aromatic carbocycles. The third-order valence-corrected chi connectivity index (χ3v) is 3.48. The Morgan fingerprint density at radius 2 is 1.90 bits per heavy atom. The zero-order valence-electron chi connectivity index (χ0n) is 13.3. The Balaban J connectivity index is 0.000000304. The van der Waals surface area contributed by atoms with Gasteiger partial charge in [0.25, 0.3) is 0 Å². The van der Waals surface area contributed by atoms with Crippen LogP contribution >= 0.6 is 0 Å². The van der Waals surface area contributed by atoms with E-state index in [0.29, 0.717) is 6.61 Å². The Kier molecular flexibility index (Phi) is 8.83. The molecule has 1 aliphatic heterocycles. The Morgan fingerprint density at radius 1 is 1.29 bits per heavy atom. The van der Waals surface area contributed by atoms with Gasteiger partial charge in [-0.25, -0.2) is 0 Å². The van der Waals surface area contributed by atoms with Gasteiger partial charge in [-0.3, -0.25) is 4.79 Å². The molecule has 0 saturated carbocycles. The number of likely N-dealkylation sites (tertiary alicyclic amines) is 1. The summed E-state index contributed by atoms with van der Waals surface area (Å²) in [6.07, 6.45) is 4.72. The lowest BCUT2D eigenvalue weighted by atomic mass is 9.81. The summed E-state index contributed by atoms with van der Waals surface area (Å²) in [5, 5.41) is 0. The monoisotopic (exact) mass is 287 g/mol. The number of ether oxygens (including phenoxy) is 1. The molecule has 0 unspecified atom stereocenters. The minimum Gasteiger partial charge on any atom is -0.466 e. The van der Waals surface area contributed by atoms with Crippen LogP contribution in [0.25, 0.3) is 0 Å². The fourth-order valence-electron chi connectivity index (χ4n) is 2.08. The SMILES string of the molecule is CN1CCCC1.[B][C@@H](C(=O)OCCCC)c1ccccc1. The Labute approximate surface area is 130 Å². The summed E-state index contributed by atoms with van der Waals surface area (Å²) in [5.74, 6) is -1.02. The van der Waals surface area contributed by atoms with Crippen molar-refractivity contribution in [2.24, 2.45) is 0 Å². The van der Waals surface area contributed by atoms with Gasteiger partial charge in [-0.15, -0.1) is 0 Å². The molecule has 2 radical (unpaired) electrons. The van der Waals surface area contributed by atoms with Crippen molar-refractivity contribution in [1.29, 1.82) is 0 Å². The van der Waals surface area contributed by atoms with Gasteiger partial charge in [0.15, 0.2) is 0 Å². The molecule has 1 aromatic rings. The molecule has 0 aromatic heterocycles. The summed E-state index contributed by atoms with van der Waals surface area (Å²) in [5.41, 5.74) is 0.791. The maximum atomic E-state index is 11.5. The van der Waals surface area contributed by atoms with Crippen molar-refractivity contribution in [3.63, 3.8) is 0 Å². The number of carbonyl (C=O) groups is 1. The smallest absolute Gasteiger partial charge is 0.304 e. The van der Waals surface area contributed by atoms with Gasteiger partial charge >= 0.3 is 5.97 Å². The van der Waals surface area contributed by atoms with Crippen LogP contribution in [-0.2, 0) is 9.53 Å². The molecule has 1 atom stereocenters. The number of unbranched alkanes of at least 4 members (excludes halogenated alkanes) is 1. The van der Waals surface area contributed by atoms with Crippen LogP contribution in [0.4, 0.5) is 0 Å². The lowest BCUT2D eigenvalue weighted by Gasteiger charge is -2.11. The van der Waals surface area contributed by atoms with E-state index in [1.807, 2.05) is 37.3 Å². The highest BCUT2D eigenvalue weighted by Crippen LogP contribution is 2.13. The molecular formula is C17H26BNO2. The number of nitrogens with zero attached hydrogens (tertiary/aromatic N) is 1. The van der Waals surface area contributed by atoms with Crippen molar-refractivity contribution in [1.82, 2.24) is 4.90 Å². The minimum absolute atomic E-state index is 0.352. The van der Waals surface area contributed by atoms with E-state index in [2.05, 4.69) is 11.9 Å². The first kappa shape index (κ1) is 17.8. The molecular weight excluding hydrogens is 261 g/mol. The van der Waals surface area contributed by atoms with Crippen LogP contribution in [0.15, 0.2) is 30.3 Å². The highest BCUT2D eigenvalue weighted by Gasteiger charge is 2.15. The summed E-state index contributed by atoms with van der Waals surface area (Å²) in [6.45, 7) is 5.14. The van der Waals surface area contributed by atoms with Crippen molar-refractivity contribution >= 4 is 13.8 Å². The van der Waals surface area contributed by atoms with E-state index in [4.69, 9.17) is 12.6 Å². The maximum Gasteiger partial charge on any atom is 0.304 e. The average Bonchev–Trinajstić information content (AvgIpc) is 2.99. The van der Waals surface area contributed by atoms with Gasteiger partial charge in [0.1, 0.15) is 0 Å². The molecule has 1 saturated heterocycles. The Bertz CT molecular complexity index is 391. The van der Waals surface area contributed by atoms with E-state index in [-0.39, 0.29) is 5.97 Å². The van der Waals surface area contributed by atoms with Crippen LogP contribution in [-0.4, -0.2) is 45.5 Å². The lowest BCUT2D eigenvalue weighted by Crippen LogP contribution is -2.16. The fraction of sp³-hybridized carbons (Fsp3) is 0.588. The molecule has 3 nitrogen and oxygen atoms in total. The number of esters is 1. The second-order valence-corrected chi connectivity index (χ2v) is 5.42. The second kappa shape index (κ2) is 10.4. The standard InChI is InChI=1S/C12H15BO2.C5H11N/c1-2-3-9-15-12(14)11(13)10-7-5-4-6-8-10;1-6-4-2-3-5-6/h4-8,11H,2-3,9H2,1H3;2-5H2,1H3/t11-;/m1./s1. The Hall–Kier alpha value is -1.29. The molecule has 2 rings (SSSR count). The van der Waals surface area contributed by atoms with Gasteiger partial charge in [0.05, 0.1) is 14.5 Å². The number of benzene rings is 1. The third kappa shape index (κ3) is 7.33. The van der Waals surface area contributed by atoms with E-state index >= 15 is 0 Å². The topological polar surface area (TPSA) is 29.5 Å². The van der Waals surface area contributed by atoms with Gasteiger partial charge in [0, 0.05) is 5.82 Å². The molecule has 0 N–H and O–H groups in total. The summed E-state index contributed by atoms with van der Waals surface area (Å²) >= 11 is 0. The molecule has 1 fully saturated rings. The largest absolute Gasteiger partial charge is 0.466 e. The quantitative estimate of drug-likeness (QED) is 0.474. The van der Waals surface area contributed by atoms with Crippen LogP contribution in [0.5, 0.6) is 0 Å². The summed E-state index contributed by atoms with van der Waals surface area (Å²) < 4.78 is 5.03. The van der Waals surface area contributed by atoms with Gasteiger partial charge < -0.3 is 9.64 Å². The predicted octanol–water partition coefficient (Wildman–Crippen LogP) is 2.95. The van der Waals surface area contributed by atoms with Crippen molar-refractivity contribution in [2.45, 2.75) is 38.4 Å². The summed E-state index contributed by atoms with van der Waals surface area (Å²) in [4.78, 5) is 13.8. The molecule has 4 heteroatoms. The number of rotatable bonds is 5. The van der Waals surface area contributed by atoms with Crippen molar-refractivity contribution in [2.75, 3.05) is 26.7 Å². The fourth-order valence-corrected chi connectivity index (χ4v) is 2.08. The molecule has 21 heavy (non-hydrogen) atoms. The number of hydrogen-bond acceptors (Lipinski definition) is 3. The average molecular weight is 287 g/mol. The first-order valence-electron chi connectivity index (χ1n) is 7.81. The first-order chi connectivity index (χ1) is 10.1. The normalized spacial score (nSPS) is 15.9. The maximum absolute atomic E-state index is 11.5. The van der Waals surface area contributed by atoms with Crippen LogP contribution in [0.1, 0.15) is 44.0 Å². The highest BCUT2D eigenvalue weighted by atomic mass is 16.5. The third-order valence-electron chi connectivity index (χ3n) is 3.48. The van der Waals surface area contributed by atoms with Crippen molar-refractivity contribution in [3.8, 4) is 0 Å². The molecule has 0 aliphatic carbocycles. The van der Waals surface area contributed by atoms with Gasteiger partial charge in [0.2, 0.25) is 0 Å². The second-order valence-electron chi connectivity index (χ2n) is 5.42. The first-order valence-corrected chi connectivity index (χ1v) is 7.81. The molecule has 0 amide bonds. The van der Waals surface area contributed by atoms with Crippen molar-refractivity contribution < 1.29 is 9.53 Å². The number of carbonyl (C=O) groups excluding carboxylic acids is 1. The van der Waals surface area contributed by atoms with Crippen LogP contribution < -0.4 is 0 Å². The van der Waals surface area contributed by atoms with E-state index in [9.17, 15) is 4.79 Å². The molecule has 114 valence electrons. The zero-order chi connectivity index (χ0) is 15.5. The molecule has 1 aliphatic rings. The Morgan fingerprint density at radius 3 is 2.38 bits per heavy atom. The summed E-state index contributed by atoms with van der Waals surface area (Å²) in [7, 11) is 7.92. The van der Waals surface area contributed by atoms with E-state index in [0.717, 1.165) is 18.4 Å². The van der Waals surface area contributed by atoms with E-state index in [1.54, 1.807) is 0 Å². The molecule has 1 heterocycles.